The SMILES string of the molecule is Cc1ccc(C)c(C(=O)C(Cl)Cc2ccncc2)c1. The number of nitrogens with zero attached hydrogens (tertiary/aromatic N) is 1. The maximum Gasteiger partial charge on any atom is 0.181 e. The molecule has 0 amide bonds. The van der Waals surface area contributed by atoms with Crippen LogP contribution in [-0.4, -0.2) is 16.1 Å². The Hall–Kier alpha value is -1.67. The summed E-state index contributed by atoms with van der Waals surface area (Å²) in [5.41, 5.74) is 3.78. The molecule has 2 aromatic rings. The summed E-state index contributed by atoms with van der Waals surface area (Å²) in [7, 11) is 0. The molecule has 0 spiro atoms. The Balaban J connectivity index is 2.17. The zero-order valence-corrected chi connectivity index (χ0v) is 11.8. The van der Waals surface area contributed by atoms with Crippen molar-refractivity contribution in [1.29, 1.82) is 0 Å². The van der Waals surface area contributed by atoms with E-state index in [0.29, 0.717) is 12.0 Å². The Morgan fingerprint density at radius 2 is 1.89 bits per heavy atom. The smallest absolute Gasteiger partial charge is 0.181 e. The second kappa shape index (κ2) is 5.98. The lowest BCUT2D eigenvalue weighted by molar-refractivity contribution is 0.0986. The van der Waals surface area contributed by atoms with Gasteiger partial charge in [0.1, 0.15) is 5.38 Å². The van der Waals surface area contributed by atoms with Crippen LogP contribution in [0.25, 0.3) is 0 Å². The van der Waals surface area contributed by atoms with Gasteiger partial charge in [-0.05, 0) is 49.6 Å². The first-order valence-electron chi connectivity index (χ1n) is 6.22. The molecule has 2 rings (SSSR count). The first-order valence-corrected chi connectivity index (χ1v) is 6.66. The molecule has 1 atom stereocenters. The summed E-state index contributed by atoms with van der Waals surface area (Å²) < 4.78 is 0. The third-order valence-electron chi connectivity index (χ3n) is 3.11. The van der Waals surface area contributed by atoms with Gasteiger partial charge in [0, 0.05) is 18.0 Å². The third-order valence-corrected chi connectivity index (χ3v) is 3.46. The summed E-state index contributed by atoms with van der Waals surface area (Å²) in [5, 5.41) is -0.539. The highest BCUT2D eigenvalue weighted by Crippen LogP contribution is 2.18. The summed E-state index contributed by atoms with van der Waals surface area (Å²) in [6, 6.07) is 9.62. The van der Waals surface area contributed by atoms with Crippen molar-refractivity contribution >= 4 is 17.4 Å². The molecule has 0 radical (unpaired) electrons. The molecular weight excluding hydrogens is 258 g/mol. The van der Waals surface area contributed by atoms with Crippen molar-refractivity contribution < 1.29 is 4.79 Å². The van der Waals surface area contributed by atoms with Gasteiger partial charge >= 0.3 is 0 Å². The molecule has 0 bridgehead atoms. The number of aryl methyl sites for hydroxylation is 2. The van der Waals surface area contributed by atoms with E-state index in [4.69, 9.17) is 11.6 Å². The summed E-state index contributed by atoms with van der Waals surface area (Å²) >= 11 is 6.25. The average Bonchev–Trinajstić information content (AvgIpc) is 2.42. The third kappa shape index (κ3) is 3.42. The van der Waals surface area contributed by atoms with Crippen molar-refractivity contribution in [2.45, 2.75) is 25.6 Å². The number of alkyl halides is 1. The van der Waals surface area contributed by atoms with Crippen molar-refractivity contribution in [2.75, 3.05) is 0 Å². The topological polar surface area (TPSA) is 30.0 Å². The van der Waals surface area contributed by atoms with Gasteiger partial charge in [0.25, 0.3) is 0 Å². The molecule has 0 saturated carbocycles. The predicted octanol–water partition coefficient (Wildman–Crippen LogP) is 3.73. The van der Waals surface area contributed by atoms with E-state index in [0.717, 1.165) is 16.7 Å². The van der Waals surface area contributed by atoms with Crippen molar-refractivity contribution in [1.82, 2.24) is 4.98 Å². The Morgan fingerprint density at radius 1 is 1.21 bits per heavy atom. The molecule has 3 heteroatoms. The second-order valence-corrected chi connectivity index (χ2v) is 5.24. The number of hydrogen-bond acceptors (Lipinski definition) is 2. The van der Waals surface area contributed by atoms with E-state index in [-0.39, 0.29) is 5.78 Å². The molecule has 0 N–H and O–H groups in total. The van der Waals surface area contributed by atoms with Gasteiger partial charge in [-0.25, -0.2) is 0 Å². The number of ketones is 1. The van der Waals surface area contributed by atoms with Crippen LogP contribution in [0.3, 0.4) is 0 Å². The number of rotatable bonds is 4. The molecule has 1 unspecified atom stereocenters. The van der Waals surface area contributed by atoms with Gasteiger partial charge in [-0.1, -0.05) is 17.7 Å². The van der Waals surface area contributed by atoms with Gasteiger partial charge in [0.05, 0.1) is 0 Å². The molecule has 0 aliphatic rings. The Bertz CT molecular complexity index is 581. The van der Waals surface area contributed by atoms with Crippen LogP contribution in [0.5, 0.6) is 0 Å². The van der Waals surface area contributed by atoms with Crippen LogP contribution in [0, 0.1) is 13.8 Å². The molecule has 1 aromatic carbocycles. The number of carbonyl (C=O) groups is 1. The number of benzene rings is 1. The van der Waals surface area contributed by atoms with Gasteiger partial charge in [-0.15, -0.1) is 11.6 Å². The zero-order chi connectivity index (χ0) is 13.8. The number of aromatic nitrogens is 1. The molecule has 98 valence electrons. The number of Topliss-reactive ketones (excluding diaryl/α,β-unsaturated/α-hetero) is 1. The van der Waals surface area contributed by atoms with Crippen LogP contribution in [0.15, 0.2) is 42.7 Å². The minimum atomic E-state index is -0.539. The Morgan fingerprint density at radius 3 is 2.58 bits per heavy atom. The molecule has 0 fully saturated rings. The van der Waals surface area contributed by atoms with Crippen LogP contribution in [0.1, 0.15) is 27.0 Å². The molecule has 19 heavy (non-hydrogen) atoms. The van der Waals surface area contributed by atoms with Gasteiger partial charge in [0.15, 0.2) is 5.78 Å². The largest absolute Gasteiger partial charge is 0.292 e. The highest BCUT2D eigenvalue weighted by Gasteiger charge is 2.19. The van der Waals surface area contributed by atoms with Crippen molar-refractivity contribution in [3.63, 3.8) is 0 Å². The van der Waals surface area contributed by atoms with E-state index in [9.17, 15) is 4.79 Å². The average molecular weight is 274 g/mol. The minimum Gasteiger partial charge on any atom is -0.292 e. The van der Waals surface area contributed by atoms with Crippen molar-refractivity contribution in [3.8, 4) is 0 Å². The van der Waals surface area contributed by atoms with Crippen LogP contribution in [0.4, 0.5) is 0 Å². The van der Waals surface area contributed by atoms with Gasteiger partial charge in [0.2, 0.25) is 0 Å². The molecule has 1 aromatic heterocycles. The van der Waals surface area contributed by atoms with Gasteiger partial charge in [-0.2, -0.15) is 0 Å². The molecule has 1 heterocycles. The molecule has 0 saturated heterocycles. The maximum atomic E-state index is 12.4. The molecule has 0 aliphatic heterocycles. The fraction of sp³-hybridized carbons (Fsp3) is 0.250. The lowest BCUT2D eigenvalue weighted by Crippen LogP contribution is -2.18. The highest BCUT2D eigenvalue weighted by molar-refractivity contribution is 6.34. The van der Waals surface area contributed by atoms with E-state index < -0.39 is 5.38 Å². The lowest BCUT2D eigenvalue weighted by Gasteiger charge is -2.11. The highest BCUT2D eigenvalue weighted by atomic mass is 35.5. The first-order chi connectivity index (χ1) is 9.08. The summed E-state index contributed by atoms with van der Waals surface area (Å²) in [4.78, 5) is 16.3. The first kappa shape index (κ1) is 13.8. The van der Waals surface area contributed by atoms with Crippen LogP contribution >= 0.6 is 11.6 Å². The van der Waals surface area contributed by atoms with Crippen LogP contribution in [-0.2, 0) is 6.42 Å². The van der Waals surface area contributed by atoms with Crippen molar-refractivity contribution in [2.24, 2.45) is 0 Å². The van der Waals surface area contributed by atoms with E-state index in [1.165, 1.54) is 0 Å². The predicted molar refractivity (Wildman–Crippen MR) is 77.8 cm³/mol. The van der Waals surface area contributed by atoms with Crippen LogP contribution < -0.4 is 0 Å². The number of hydrogen-bond donors (Lipinski definition) is 0. The molecular formula is C16H16ClNO. The Kier molecular flexibility index (Phi) is 4.33. The normalized spacial score (nSPS) is 12.2. The quantitative estimate of drug-likeness (QED) is 0.628. The molecule has 0 aliphatic carbocycles. The Labute approximate surface area is 118 Å². The van der Waals surface area contributed by atoms with E-state index >= 15 is 0 Å². The van der Waals surface area contributed by atoms with Gasteiger partial charge in [-0.3, -0.25) is 9.78 Å². The standard InChI is InChI=1S/C16H16ClNO/c1-11-3-4-12(2)14(9-11)16(19)15(17)10-13-5-7-18-8-6-13/h3-9,15H,10H2,1-2H3. The number of carbonyl (C=O) groups excluding carboxylic acids is 1. The zero-order valence-electron chi connectivity index (χ0n) is 11.1. The van der Waals surface area contributed by atoms with Crippen LogP contribution in [0.2, 0.25) is 0 Å². The number of pyridine rings is 1. The second-order valence-electron chi connectivity index (χ2n) is 4.71. The summed E-state index contributed by atoms with van der Waals surface area (Å²) in [5.74, 6) is -0.0142. The summed E-state index contributed by atoms with van der Waals surface area (Å²) in [6.45, 7) is 3.91. The monoisotopic (exact) mass is 273 g/mol. The maximum absolute atomic E-state index is 12.4. The summed E-state index contributed by atoms with van der Waals surface area (Å²) in [6.07, 6.45) is 3.94. The minimum absolute atomic E-state index is 0.0142. The lowest BCUT2D eigenvalue weighted by atomic mass is 9.97. The van der Waals surface area contributed by atoms with Gasteiger partial charge < -0.3 is 0 Å². The molecule has 2 nitrogen and oxygen atoms in total. The number of halogens is 1. The fourth-order valence-electron chi connectivity index (χ4n) is 1.99. The van der Waals surface area contributed by atoms with E-state index in [1.54, 1.807) is 12.4 Å². The van der Waals surface area contributed by atoms with Crippen molar-refractivity contribution in [3.05, 3.63) is 65.0 Å². The van der Waals surface area contributed by atoms with E-state index in [1.807, 2.05) is 44.2 Å². The fourth-order valence-corrected chi connectivity index (χ4v) is 2.28. The van der Waals surface area contributed by atoms with E-state index in [2.05, 4.69) is 4.98 Å².